The van der Waals surface area contributed by atoms with Crippen molar-refractivity contribution < 1.29 is 4.74 Å². The van der Waals surface area contributed by atoms with Crippen LogP contribution in [0.15, 0.2) is 16.6 Å². The predicted molar refractivity (Wildman–Crippen MR) is 86.0 cm³/mol. The summed E-state index contributed by atoms with van der Waals surface area (Å²) in [6.07, 6.45) is 6.33. The summed E-state index contributed by atoms with van der Waals surface area (Å²) in [6.45, 7) is 4.33. The molecule has 0 radical (unpaired) electrons. The van der Waals surface area contributed by atoms with E-state index in [2.05, 4.69) is 47.2 Å². The van der Waals surface area contributed by atoms with Gasteiger partial charge >= 0.3 is 0 Å². The molecule has 0 heterocycles. The zero-order chi connectivity index (χ0) is 14.3. The van der Waals surface area contributed by atoms with Crippen molar-refractivity contribution >= 4 is 15.9 Å². The minimum absolute atomic E-state index is 0.365. The Bertz CT molecular complexity index is 393. The van der Waals surface area contributed by atoms with Crippen molar-refractivity contribution in [3.8, 4) is 5.75 Å². The molecule has 1 atom stereocenters. The van der Waals surface area contributed by atoms with Crippen LogP contribution in [0.5, 0.6) is 5.75 Å². The van der Waals surface area contributed by atoms with Crippen LogP contribution in [0, 0.1) is 6.92 Å². The van der Waals surface area contributed by atoms with Crippen LogP contribution in [-0.4, -0.2) is 14.2 Å². The highest BCUT2D eigenvalue weighted by molar-refractivity contribution is 9.10. The molecule has 1 unspecified atom stereocenters. The van der Waals surface area contributed by atoms with E-state index in [4.69, 9.17) is 4.74 Å². The Morgan fingerprint density at radius 3 is 2.58 bits per heavy atom. The van der Waals surface area contributed by atoms with Crippen LogP contribution in [0.4, 0.5) is 0 Å². The molecule has 0 aromatic heterocycles. The molecule has 2 nitrogen and oxygen atoms in total. The molecule has 0 fully saturated rings. The summed E-state index contributed by atoms with van der Waals surface area (Å²) in [5.41, 5.74) is 2.46. The molecule has 0 amide bonds. The largest absolute Gasteiger partial charge is 0.496 e. The van der Waals surface area contributed by atoms with Crippen molar-refractivity contribution in [2.24, 2.45) is 0 Å². The van der Waals surface area contributed by atoms with Gasteiger partial charge in [0.05, 0.1) is 7.11 Å². The first-order chi connectivity index (χ1) is 9.13. The Morgan fingerprint density at radius 1 is 1.26 bits per heavy atom. The Labute approximate surface area is 126 Å². The summed E-state index contributed by atoms with van der Waals surface area (Å²) in [5, 5.41) is 3.42. The number of benzene rings is 1. The number of aryl methyl sites for hydroxylation is 1. The van der Waals surface area contributed by atoms with Gasteiger partial charge < -0.3 is 10.1 Å². The molecule has 0 saturated carbocycles. The highest BCUT2D eigenvalue weighted by Gasteiger charge is 2.15. The molecule has 0 saturated heterocycles. The van der Waals surface area contributed by atoms with Crippen LogP contribution >= 0.6 is 15.9 Å². The summed E-state index contributed by atoms with van der Waals surface area (Å²) < 4.78 is 6.68. The maximum Gasteiger partial charge on any atom is 0.123 e. The summed E-state index contributed by atoms with van der Waals surface area (Å²) in [7, 11) is 3.77. The van der Waals surface area contributed by atoms with E-state index in [1.54, 1.807) is 7.11 Å². The van der Waals surface area contributed by atoms with Crippen molar-refractivity contribution in [1.29, 1.82) is 0 Å². The SMILES string of the molecule is CCCCCCC(NC)c1cc(Br)c(C)cc1OC. The maximum atomic E-state index is 5.53. The van der Waals surface area contributed by atoms with Gasteiger partial charge in [-0.25, -0.2) is 0 Å². The molecule has 0 aliphatic rings. The molecular weight excluding hydrogens is 302 g/mol. The molecule has 3 heteroatoms. The van der Waals surface area contributed by atoms with Gasteiger partial charge in [-0.2, -0.15) is 0 Å². The van der Waals surface area contributed by atoms with Gasteiger partial charge in [0.1, 0.15) is 5.75 Å². The van der Waals surface area contributed by atoms with Crippen LogP contribution < -0.4 is 10.1 Å². The molecule has 0 bridgehead atoms. The third-order valence-electron chi connectivity index (χ3n) is 3.58. The first-order valence-corrected chi connectivity index (χ1v) is 7.94. The third kappa shape index (κ3) is 4.81. The minimum Gasteiger partial charge on any atom is -0.496 e. The molecule has 0 aliphatic carbocycles. The van der Waals surface area contributed by atoms with E-state index < -0.39 is 0 Å². The van der Waals surface area contributed by atoms with Crippen molar-refractivity contribution in [2.75, 3.05) is 14.2 Å². The van der Waals surface area contributed by atoms with Crippen LogP contribution in [-0.2, 0) is 0 Å². The highest BCUT2D eigenvalue weighted by Crippen LogP contribution is 2.33. The topological polar surface area (TPSA) is 21.3 Å². The lowest BCUT2D eigenvalue weighted by Crippen LogP contribution is -2.17. The summed E-state index contributed by atoms with van der Waals surface area (Å²) in [5.74, 6) is 0.982. The number of hydrogen-bond donors (Lipinski definition) is 1. The third-order valence-corrected chi connectivity index (χ3v) is 4.44. The molecule has 0 spiro atoms. The van der Waals surface area contributed by atoms with Crippen LogP contribution in [0.1, 0.15) is 56.2 Å². The molecule has 19 heavy (non-hydrogen) atoms. The number of ether oxygens (including phenoxy) is 1. The van der Waals surface area contributed by atoms with Gasteiger partial charge in [0.25, 0.3) is 0 Å². The normalized spacial score (nSPS) is 12.5. The van der Waals surface area contributed by atoms with E-state index in [0.29, 0.717) is 6.04 Å². The lowest BCUT2D eigenvalue weighted by molar-refractivity contribution is 0.396. The standard InChI is InChI=1S/C16H26BrNO/c1-5-6-7-8-9-15(18-3)13-11-14(17)12(2)10-16(13)19-4/h10-11,15,18H,5-9H2,1-4H3. The molecule has 1 rings (SSSR count). The number of halogens is 1. The first kappa shape index (κ1) is 16.5. The number of methoxy groups -OCH3 is 1. The average molecular weight is 328 g/mol. The van der Waals surface area contributed by atoms with Crippen LogP contribution in [0.3, 0.4) is 0 Å². The lowest BCUT2D eigenvalue weighted by Gasteiger charge is -2.20. The summed E-state index contributed by atoms with van der Waals surface area (Å²) >= 11 is 3.62. The van der Waals surface area contributed by atoms with Crippen LogP contribution in [0.2, 0.25) is 0 Å². The van der Waals surface area contributed by atoms with Gasteiger partial charge in [-0.05, 0) is 38.1 Å². The highest BCUT2D eigenvalue weighted by atomic mass is 79.9. The van der Waals surface area contributed by atoms with E-state index in [-0.39, 0.29) is 0 Å². The Morgan fingerprint density at radius 2 is 2.00 bits per heavy atom. The zero-order valence-corrected chi connectivity index (χ0v) is 14.1. The Kier molecular flexibility index (Phi) is 7.47. The van der Waals surface area contributed by atoms with E-state index >= 15 is 0 Å². The fourth-order valence-corrected chi connectivity index (χ4v) is 2.71. The smallest absolute Gasteiger partial charge is 0.123 e. The second-order valence-electron chi connectivity index (χ2n) is 5.03. The molecule has 1 N–H and O–H groups in total. The second kappa shape index (κ2) is 8.60. The summed E-state index contributed by atoms with van der Waals surface area (Å²) in [6, 6.07) is 4.66. The van der Waals surface area contributed by atoms with E-state index in [9.17, 15) is 0 Å². The monoisotopic (exact) mass is 327 g/mol. The number of nitrogens with one attached hydrogen (secondary N) is 1. The fourth-order valence-electron chi connectivity index (χ4n) is 2.35. The lowest BCUT2D eigenvalue weighted by atomic mass is 9.98. The quantitative estimate of drug-likeness (QED) is 0.678. The first-order valence-electron chi connectivity index (χ1n) is 7.15. The van der Waals surface area contributed by atoms with Gasteiger partial charge in [0.2, 0.25) is 0 Å². The molecule has 108 valence electrons. The van der Waals surface area contributed by atoms with Crippen molar-refractivity contribution in [2.45, 2.75) is 52.0 Å². The van der Waals surface area contributed by atoms with E-state index in [1.165, 1.54) is 36.8 Å². The van der Waals surface area contributed by atoms with Gasteiger partial charge in [-0.1, -0.05) is 48.5 Å². The van der Waals surface area contributed by atoms with Crippen molar-refractivity contribution in [3.05, 3.63) is 27.7 Å². The Balaban J connectivity index is 2.81. The molecular formula is C16H26BrNO. The van der Waals surface area contributed by atoms with Gasteiger partial charge in [0, 0.05) is 16.1 Å². The second-order valence-corrected chi connectivity index (χ2v) is 5.89. The van der Waals surface area contributed by atoms with Crippen molar-refractivity contribution in [1.82, 2.24) is 5.32 Å². The number of rotatable bonds is 8. The Hall–Kier alpha value is -0.540. The van der Waals surface area contributed by atoms with Gasteiger partial charge in [-0.3, -0.25) is 0 Å². The molecule has 0 aliphatic heterocycles. The van der Waals surface area contributed by atoms with E-state index in [0.717, 1.165) is 16.6 Å². The number of unbranched alkanes of at least 4 members (excludes halogenated alkanes) is 3. The maximum absolute atomic E-state index is 5.53. The number of hydrogen-bond acceptors (Lipinski definition) is 2. The zero-order valence-electron chi connectivity index (χ0n) is 12.6. The molecule has 1 aromatic rings. The fraction of sp³-hybridized carbons (Fsp3) is 0.625. The molecule has 1 aromatic carbocycles. The average Bonchev–Trinajstić information content (AvgIpc) is 2.42. The van der Waals surface area contributed by atoms with Gasteiger partial charge in [-0.15, -0.1) is 0 Å². The minimum atomic E-state index is 0.365. The van der Waals surface area contributed by atoms with Crippen LogP contribution in [0.25, 0.3) is 0 Å². The van der Waals surface area contributed by atoms with Gasteiger partial charge in [0.15, 0.2) is 0 Å². The predicted octanol–water partition coefficient (Wildman–Crippen LogP) is 5.00. The summed E-state index contributed by atoms with van der Waals surface area (Å²) in [4.78, 5) is 0. The van der Waals surface area contributed by atoms with Crippen molar-refractivity contribution in [3.63, 3.8) is 0 Å². The van der Waals surface area contributed by atoms with E-state index in [1.807, 2.05) is 7.05 Å².